The highest BCUT2D eigenvalue weighted by molar-refractivity contribution is 5.89. The van der Waals surface area contributed by atoms with Crippen LogP contribution in [0.2, 0.25) is 0 Å². The van der Waals surface area contributed by atoms with E-state index in [9.17, 15) is 9.90 Å². The molecule has 5 nitrogen and oxygen atoms in total. The van der Waals surface area contributed by atoms with E-state index in [-0.39, 0.29) is 18.7 Å². The van der Waals surface area contributed by atoms with E-state index in [1.807, 2.05) is 36.1 Å². The fourth-order valence-electron chi connectivity index (χ4n) is 2.72. The summed E-state index contributed by atoms with van der Waals surface area (Å²) in [6, 6.07) is 7.99. The number of piperazine rings is 1. The Morgan fingerprint density at radius 2 is 2.05 bits per heavy atom. The fourth-order valence-corrected chi connectivity index (χ4v) is 2.72. The molecule has 1 atom stereocenters. The number of aliphatic hydroxyl groups is 1. The molecule has 1 fully saturated rings. The highest BCUT2D eigenvalue weighted by Gasteiger charge is 2.24. The van der Waals surface area contributed by atoms with Gasteiger partial charge in [-0.15, -0.1) is 0 Å². The minimum Gasteiger partial charge on any atom is -0.395 e. The average molecular weight is 291 g/mol. The largest absolute Gasteiger partial charge is 0.395 e. The van der Waals surface area contributed by atoms with Gasteiger partial charge in [0.05, 0.1) is 6.61 Å². The first-order valence-electron chi connectivity index (χ1n) is 7.61. The van der Waals surface area contributed by atoms with Crippen molar-refractivity contribution in [1.29, 1.82) is 0 Å². The monoisotopic (exact) mass is 291 g/mol. The Morgan fingerprint density at radius 1 is 1.33 bits per heavy atom. The molecule has 1 aromatic carbocycles. The molecule has 0 aromatic heterocycles. The van der Waals surface area contributed by atoms with E-state index >= 15 is 0 Å². The summed E-state index contributed by atoms with van der Waals surface area (Å²) >= 11 is 0. The van der Waals surface area contributed by atoms with E-state index in [2.05, 4.69) is 17.1 Å². The van der Waals surface area contributed by atoms with Gasteiger partial charge in [0.15, 0.2) is 0 Å². The minimum atomic E-state index is -0.0442. The van der Waals surface area contributed by atoms with Gasteiger partial charge in [-0.25, -0.2) is 4.79 Å². The van der Waals surface area contributed by atoms with Crippen molar-refractivity contribution in [2.45, 2.75) is 26.3 Å². The number of hydrogen-bond donors (Lipinski definition) is 2. The van der Waals surface area contributed by atoms with Crippen molar-refractivity contribution in [2.75, 3.05) is 38.1 Å². The number of aliphatic hydroxyl groups excluding tert-OH is 1. The van der Waals surface area contributed by atoms with Crippen LogP contribution in [0.3, 0.4) is 0 Å². The summed E-state index contributed by atoms with van der Waals surface area (Å²) in [6.07, 6.45) is 0.936. The number of carbonyl (C=O) groups excluding carboxylic acids is 1. The molecular formula is C16H25N3O2. The van der Waals surface area contributed by atoms with Crippen LogP contribution >= 0.6 is 0 Å². The van der Waals surface area contributed by atoms with Gasteiger partial charge in [-0.05, 0) is 31.0 Å². The predicted octanol–water partition coefficient (Wildman–Crippen LogP) is 1.92. The van der Waals surface area contributed by atoms with Gasteiger partial charge >= 0.3 is 6.03 Å². The smallest absolute Gasteiger partial charge is 0.321 e. The van der Waals surface area contributed by atoms with Crippen LogP contribution < -0.4 is 5.32 Å². The summed E-state index contributed by atoms with van der Waals surface area (Å²) in [7, 11) is 0. The lowest BCUT2D eigenvalue weighted by molar-refractivity contribution is 0.0766. The summed E-state index contributed by atoms with van der Waals surface area (Å²) in [5.74, 6) is 0. The van der Waals surface area contributed by atoms with Crippen LogP contribution in [0.4, 0.5) is 10.5 Å². The summed E-state index contributed by atoms with van der Waals surface area (Å²) in [5.41, 5.74) is 1.97. The second-order valence-electron chi connectivity index (χ2n) is 5.57. The van der Waals surface area contributed by atoms with Gasteiger partial charge in [-0.1, -0.05) is 19.1 Å². The quantitative estimate of drug-likeness (QED) is 0.891. The van der Waals surface area contributed by atoms with E-state index < -0.39 is 0 Å². The summed E-state index contributed by atoms with van der Waals surface area (Å²) in [5, 5.41) is 12.3. The number of amides is 2. The molecule has 116 valence electrons. The van der Waals surface area contributed by atoms with E-state index in [0.717, 1.165) is 30.8 Å². The van der Waals surface area contributed by atoms with Gasteiger partial charge < -0.3 is 15.3 Å². The Hall–Kier alpha value is -1.59. The fraction of sp³-hybridized carbons (Fsp3) is 0.562. The third kappa shape index (κ3) is 4.19. The maximum Gasteiger partial charge on any atom is 0.321 e. The van der Waals surface area contributed by atoms with Crippen LogP contribution in [0.1, 0.15) is 18.9 Å². The van der Waals surface area contributed by atoms with Crippen molar-refractivity contribution in [3.8, 4) is 0 Å². The van der Waals surface area contributed by atoms with Crippen LogP contribution in [-0.4, -0.2) is 59.8 Å². The predicted molar refractivity (Wildman–Crippen MR) is 84.5 cm³/mol. The Bertz CT molecular complexity index is 466. The SMILES string of the molecule is CCC(CO)N1CCN(C(=O)Nc2cccc(C)c2)CC1. The number of benzene rings is 1. The zero-order valence-electron chi connectivity index (χ0n) is 12.9. The molecule has 0 saturated carbocycles. The molecule has 21 heavy (non-hydrogen) atoms. The molecule has 1 aliphatic heterocycles. The minimum absolute atomic E-state index is 0.0442. The second kappa shape index (κ2) is 7.43. The van der Waals surface area contributed by atoms with Gasteiger partial charge in [0.25, 0.3) is 0 Å². The first-order chi connectivity index (χ1) is 10.1. The zero-order valence-corrected chi connectivity index (χ0v) is 12.9. The number of hydrogen-bond acceptors (Lipinski definition) is 3. The van der Waals surface area contributed by atoms with Crippen molar-refractivity contribution < 1.29 is 9.90 Å². The lowest BCUT2D eigenvalue weighted by Gasteiger charge is -2.38. The Balaban J connectivity index is 1.86. The van der Waals surface area contributed by atoms with Gasteiger partial charge in [0, 0.05) is 37.9 Å². The maximum absolute atomic E-state index is 12.2. The molecule has 0 aliphatic carbocycles. The normalized spacial score (nSPS) is 17.6. The molecule has 2 amide bonds. The van der Waals surface area contributed by atoms with Crippen LogP contribution in [0.15, 0.2) is 24.3 Å². The van der Waals surface area contributed by atoms with E-state index in [1.165, 1.54) is 0 Å². The molecule has 1 heterocycles. The van der Waals surface area contributed by atoms with E-state index in [0.29, 0.717) is 13.1 Å². The number of nitrogens with zero attached hydrogens (tertiary/aromatic N) is 2. The summed E-state index contributed by atoms with van der Waals surface area (Å²) in [6.45, 7) is 7.32. The lowest BCUT2D eigenvalue weighted by atomic mass is 10.1. The Kier molecular flexibility index (Phi) is 5.59. The molecule has 5 heteroatoms. The van der Waals surface area contributed by atoms with Crippen molar-refractivity contribution >= 4 is 11.7 Å². The number of anilines is 1. The Morgan fingerprint density at radius 3 is 2.62 bits per heavy atom. The van der Waals surface area contributed by atoms with Crippen LogP contribution in [0, 0.1) is 6.92 Å². The third-order valence-electron chi connectivity index (χ3n) is 4.07. The number of urea groups is 1. The van der Waals surface area contributed by atoms with Crippen LogP contribution in [0.25, 0.3) is 0 Å². The summed E-state index contributed by atoms with van der Waals surface area (Å²) < 4.78 is 0. The molecule has 2 rings (SSSR count). The molecule has 0 spiro atoms. The third-order valence-corrected chi connectivity index (χ3v) is 4.07. The molecule has 1 saturated heterocycles. The van der Waals surface area contributed by atoms with Crippen LogP contribution in [-0.2, 0) is 0 Å². The van der Waals surface area contributed by atoms with Gasteiger partial charge in [0.2, 0.25) is 0 Å². The maximum atomic E-state index is 12.2. The molecule has 1 unspecified atom stereocenters. The average Bonchev–Trinajstić information content (AvgIpc) is 2.49. The number of nitrogens with one attached hydrogen (secondary N) is 1. The standard InChI is InChI=1S/C16H25N3O2/c1-3-15(12-20)18-7-9-19(10-8-18)16(21)17-14-6-4-5-13(2)11-14/h4-6,11,15,20H,3,7-10,12H2,1-2H3,(H,17,21). The van der Waals surface area contributed by atoms with Gasteiger partial charge in [-0.3, -0.25) is 4.90 Å². The highest BCUT2D eigenvalue weighted by Crippen LogP contribution is 2.13. The summed E-state index contributed by atoms with van der Waals surface area (Å²) in [4.78, 5) is 16.3. The molecule has 0 bridgehead atoms. The Labute approximate surface area is 126 Å². The van der Waals surface area contributed by atoms with E-state index in [1.54, 1.807) is 0 Å². The number of carbonyl (C=O) groups is 1. The van der Waals surface area contributed by atoms with Gasteiger partial charge in [0.1, 0.15) is 0 Å². The van der Waals surface area contributed by atoms with Crippen molar-refractivity contribution in [1.82, 2.24) is 9.80 Å². The molecule has 1 aromatic rings. The first kappa shape index (κ1) is 15.8. The zero-order chi connectivity index (χ0) is 15.2. The van der Waals surface area contributed by atoms with E-state index in [4.69, 9.17) is 0 Å². The van der Waals surface area contributed by atoms with Crippen molar-refractivity contribution in [3.63, 3.8) is 0 Å². The molecule has 1 aliphatic rings. The first-order valence-corrected chi connectivity index (χ1v) is 7.61. The number of rotatable bonds is 4. The molecule has 0 radical (unpaired) electrons. The highest BCUT2D eigenvalue weighted by atomic mass is 16.3. The lowest BCUT2D eigenvalue weighted by Crippen LogP contribution is -2.53. The van der Waals surface area contributed by atoms with Crippen molar-refractivity contribution in [3.05, 3.63) is 29.8 Å². The topological polar surface area (TPSA) is 55.8 Å². The molecule has 2 N–H and O–H groups in total. The second-order valence-corrected chi connectivity index (χ2v) is 5.57. The number of aryl methyl sites for hydroxylation is 1. The van der Waals surface area contributed by atoms with Crippen molar-refractivity contribution in [2.24, 2.45) is 0 Å². The molecular weight excluding hydrogens is 266 g/mol. The van der Waals surface area contributed by atoms with Crippen LogP contribution in [0.5, 0.6) is 0 Å². The van der Waals surface area contributed by atoms with Gasteiger partial charge in [-0.2, -0.15) is 0 Å².